The molecule has 27 heavy (non-hydrogen) atoms. The standard InChI is InChI=1S/C20H36O2.H3O4P/c1-2-3-4-5-6-7-8-9-10-11-12-13-14-15-16-17-20(22)18-19-21;1-5(2,3)4/h18H,2-17H2,1H3;(H3,1,2,3,4). The van der Waals surface area contributed by atoms with E-state index in [0.717, 1.165) is 18.9 Å². The molecule has 0 fully saturated rings. The number of ketones is 1. The van der Waals surface area contributed by atoms with Gasteiger partial charge in [-0.1, -0.05) is 96.8 Å². The highest BCUT2D eigenvalue weighted by atomic mass is 31.2. The summed E-state index contributed by atoms with van der Waals surface area (Å²) in [4.78, 5) is 42.6. The average Bonchev–Trinajstić information content (AvgIpc) is 2.57. The van der Waals surface area contributed by atoms with Crippen LogP contribution in [0.1, 0.15) is 110 Å². The number of carbonyl (C=O) groups excluding carboxylic acids is 2. The van der Waals surface area contributed by atoms with Gasteiger partial charge in [0.2, 0.25) is 0 Å². The van der Waals surface area contributed by atoms with Crippen molar-refractivity contribution in [2.75, 3.05) is 0 Å². The van der Waals surface area contributed by atoms with Crippen molar-refractivity contribution in [1.29, 1.82) is 0 Å². The van der Waals surface area contributed by atoms with E-state index in [1.165, 1.54) is 83.5 Å². The number of phosphoric acid groups is 1. The van der Waals surface area contributed by atoms with Crippen molar-refractivity contribution in [3.8, 4) is 0 Å². The summed E-state index contributed by atoms with van der Waals surface area (Å²) in [6.07, 6.45) is 21.4. The van der Waals surface area contributed by atoms with Gasteiger partial charge < -0.3 is 14.7 Å². The minimum atomic E-state index is -4.64. The lowest BCUT2D eigenvalue weighted by Gasteiger charge is -2.03. The highest BCUT2D eigenvalue weighted by Crippen LogP contribution is 2.25. The zero-order valence-corrected chi connectivity index (χ0v) is 17.8. The maximum absolute atomic E-state index is 11.1. The van der Waals surface area contributed by atoms with E-state index in [1.54, 1.807) is 5.94 Å². The van der Waals surface area contributed by atoms with Crippen LogP contribution < -0.4 is 0 Å². The Labute approximate surface area is 164 Å². The second kappa shape index (κ2) is 21.5. The molecule has 0 unspecified atom stereocenters. The van der Waals surface area contributed by atoms with Crippen LogP contribution in [0.2, 0.25) is 0 Å². The fourth-order valence-electron chi connectivity index (χ4n) is 2.81. The normalized spacial score (nSPS) is 10.7. The Balaban J connectivity index is 0. The Morgan fingerprint density at radius 2 is 1.04 bits per heavy atom. The molecule has 0 aromatic heterocycles. The molecule has 0 aromatic rings. The molecule has 0 saturated heterocycles. The van der Waals surface area contributed by atoms with Crippen LogP contribution in [-0.4, -0.2) is 26.4 Å². The van der Waals surface area contributed by atoms with Gasteiger partial charge in [0.25, 0.3) is 0 Å². The van der Waals surface area contributed by atoms with Gasteiger partial charge >= 0.3 is 7.82 Å². The van der Waals surface area contributed by atoms with E-state index in [0.29, 0.717) is 6.42 Å². The van der Waals surface area contributed by atoms with Gasteiger partial charge in [-0.2, -0.15) is 0 Å². The maximum atomic E-state index is 11.1. The molecule has 0 aromatic carbocycles. The fraction of sp³-hybridized carbons (Fsp3) is 0.850. The van der Waals surface area contributed by atoms with Crippen LogP contribution >= 0.6 is 7.82 Å². The summed E-state index contributed by atoms with van der Waals surface area (Å²) < 4.78 is 8.88. The summed E-state index contributed by atoms with van der Waals surface area (Å²) in [5, 5.41) is 0. The Bertz CT molecular complexity index is 418. The molecule has 0 spiro atoms. The number of hydrogen-bond acceptors (Lipinski definition) is 3. The molecule has 0 aliphatic rings. The van der Waals surface area contributed by atoms with Crippen molar-refractivity contribution >= 4 is 19.5 Å². The lowest BCUT2D eigenvalue weighted by molar-refractivity contribution is -0.114. The molecule has 6 nitrogen and oxygen atoms in total. The first-order valence-corrected chi connectivity index (χ1v) is 11.9. The van der Waals surface area contributed by atoms with E-state index in [4.69, 9.17) is 19.2 Å². The largest absolute Gasteiger partial charge is 0.466 e. The van der Waals surface area contributed by atoms with Crippen LogP contribution in [-0.2, 0) is 14.2 Å². The molecule has 0 radical (unpaired) electrons. The molecule has 0 bridgehead atoms. The summed E-state index contributed by atoms with van der Waals surface area (Å²) in [6, 6.07) is 0. The average molecular weight is 406 g/mol. The van der Waals surface area contributed by atoms with Crippen molar-refractivity contribution in [3.63, 3.8) is 0 Å². The molecule has 0 rings (SSSR count). The van der Waals surface area contributed by atoms with Crippen LogP contribution in [0.3, 0.4) is 0 Å². The first kappa shape index (κ1) is 28.4. The second-order valence-corrected chi connectivity index (χ2v) is 7.97. The molecule has 0 aliphatic heterocycles. The minimum absolute atomic E-state index is 0.0790. The third kappa shape index (κ3) is 36.8. The van der Waals surface area contributed by atoms with Crippen LogP contribution in [0.15, 0.2) is 6.08 Å². The van der Waals surface area contributed by atoms with Crippen molar-refractivity contribution in [1.82, 2.24) is 0 Å². The van der Waals surface area contributed by atoms with E-state index in [-0.39, 0.29) is 5.78 Å². The summed E-state index contributed by atoms with van der Waals surface area (Å²) >= 11 is 0. The molecule has 3 N–H and O–H groups in total. The number of allylic oxidation sites excluding steroid dienone is 1. The summed E-state index contributed by atoms with van der Waals surface area (Å²) in [7, 11) is -4.64. The number of carbonyl (C=O) groups is 1. The molecule has 0 amide bonds. The molecule has 0 atom stereocenters. The predicted octanol–water partition coefficient (Wildman–Crippen LogP) is 5.28. The van der Waals surface area contributed by atoms with Crippen molar-refractivity contribution < 1.29 is 28.8 Å². The molecule has 0 aliphatic carbocycles. The number of unbranched alkanes of at least 4 members (excludes halogenated alkanes) is 14. The molecular formula is C20H39O6P. The Hall–Kier alpha value is -0.770. The van der Waals surface area contributed by atoms with Crippen LogP contribution in [0.5, 0.6) is 0 Å². The van der Waals surface area contributed by atoms with E-state index in [1.807, 2.05) is 0 Å². The smallest absolute Gasteiger partial charge is 0.303 e. The first-order chi connectivity index (χ1) is 12.8. The summed E-state index contributed by atoms with van der Waals surface area (Å²) in [6.45, 7) is 2.27. The Morgan fingerprint density at radius 3 is 1.33 bits per heavy atom. The lowest BCUT2D eigenvalue weighted by atomic mass is 10.0. The van der Waals surface area contributed by atoms with Gasteiger partial charge in [-0.05, 0) is 6.42 Å². The van der Waals surface area contributed by atoms with Crippen LogP contribution in [0.4, 0.5) is 0 Å². The minimum Gasteiger partial charge on any atom is -0.303 e. The zero-order chi connectivity index (χ0) is 20.8. The predicted molar refractivity (Wildman–Crippen MR) is 109 cm³/mol. The van der Waals surface area contributed by atoms with Gasteiger partial charge in [0.1, 0.15) is 5.94 Å². The Kier molecular flexibility index (Phi) is 22.7. The van der Waals surface area contributed by atoms with Crippen molar-refractivity contribution in [2.45, 2.75) is 110 Å². The number of hydrogen-bond donors (Lipinski definition) is 3. The fourth-order valence-corrected chi connectivity index (χ4v) is 2.81. The maximum Gasteiger partial charge on any atom is 0.466 e. The Morgan fingerprint density at radius 1 is 0.741 bits per heavy atom. The second-order valence-electron chi connectivity index (χ2n) is 6.94. The first-order valence-electron chi connectivity index (χ1n) is 10.3. The highest BCUT2D eigenvalue weighted by Gasteiger charge is 2.00. The zero-order valence-electron chi connectivity index (χ0n) is 16.9. The van der Waals surface area contributed by atoms with Gasteiger partial charge in [0, 0.05) is 6.42 Å². The van der Waals surface area contributed by atoms with Gasteiger partial charge in [-0.3, -0.25) is 4.79 Å². The topological polar surface area (TPSA) is 112 Å². The van der Waals surface area contributed by atoms with E-state index < -0.39 is 7.82 Å². The monoisotopic (exact) mass is 406 g/mol. The van der Waals surface area contributed by atoms with Crippen molar-refractivity contribution in [2.24, 2.45) is 0 Å². The molecule has 7 heteroatoms. The van der Waals surface area contributed by atoms with E-state index >= 15 is 0 Å². The summed E-state index contributed by atoms with van der Waals surface area (Å²) in [5.41, 5.74) is 0. The SMILES string of the molecule is CCCCCCCCCCCCCCCCCC(=O)C=C=O.O=P(O)(O)O. The van der Waals surface area contributed by atoms with Crippen molar-refractivity contribution in [3.05, 3.63) is 6.08 Å². The molecule has 0 saturated carbocycles. The highest BCUT2D eigenvalue weighted by molar-refractivity contribution is 7.45. The molecular weight excluding hydrogens is 367 g/mol. The van der Waals surface area contributed by atoms with Gasteiger partial charge in [0.05, 0.1) is 6.08 Å². The third-order valence-electron chi connectivity index (χ3n) is 4.25. The molecule has 0 heterocycles. The van der Waals surface area contributed by atoms with Gasteiger partial charge in [-0.15, -0.1) is 0 Å². The lowest BCUT2D eigenvalue weighted by Crippen LogP contribution is -1.92. The molecule has 160 valence electrons. The third-order valence-corrected chi connectivity index (χ3v) is 4.25. The number of rotatable bonds is 17. The van der Waals surface area contributed by atoms with Crippen LogP contribution in [0, 0.1) is 0 Å². The van der Waals surface area contributed by atoms with E-state index in [2.05, 4.69) is 6.92 Å². The van der Waals surface area contributed by atoms with Gasteiger partial charge in [0.15, 0.2) is 5.78 Å². The van der Waals surface area contributed by atoms with Crippen LogP contribution in [0.25, 0.3) is 0 Å². The summed E-state index contributed by atoms with van der Waals surface area (Å²) in [5.74, 6) is 1.47. The quantitative estimate of drug-likeness (QED) is 0.131. The van der Waals surface area contributed by atoms with E-state index in [9.17, 15) is 9.59 Å². The van der Waals surface area contributed by atoms with Gasteiger partial charge in [-0.25, -0.2) is 9.36 Å².